The smallest absolute Gasteiger partial charge is 0.120 e. The maximum Gasteiger partial charge on any atom is 0.120 e. The number of nitrogens with two attached hydrogens (primary N) is 1. The van der Waals surface area contributed by atoms with Gasteiger partial charge < -0.3 is 10.5 Å². The summed E-state index contributed by atoms with van der Waals surface area (Å²) in [6.45, 7) is 4.23. The van der Waals surface area contributed by atoms with Gasteiger partial charge in [-0.1, -0.05) is 18.6 Å². The molecule has 0 spiro atoms. The van der Waals surface area contributed by atoms with E-state index in [1.54, 1.807) is 0 Å². The molecule has 1 aliphatic rings. The lowest BCUT2D eigenvalue weighted by Crippen LogP contribution is -2.34. The minimum atomic E-state index is 0.0225. The molecule has 1 fully saturated rings. The van der Waals surface area contributed by atoms with Crippen molar-refractivity contribution in [1.82, 2.24) is 0 Å². The molecule has 0 heterocycles. The van der Waals surface area contributed by atoms with Crippen LogP contribution in [0.5, 0.6) is 5.75 Å². The van der Waals surface area contributed by atoms with Gasteiger partial charge in [0.1, 0.15) is 11.4 Å². The van der Waals surface area contributed by atoms with E-state index >= 15 is 0 Å². The first-order chi connectivity index (χ1) is 8.09. The van der Waals surface area contributed by atoms with Crippen LogP contribution in [0.25, 0.3) is 0 Å². The van der Waals surface area contributed by atoms with Crippen molar-refractivity contribution < 1.29 is 4.74 Å². The van der Waals surface area contributed by atoms with Crippen LogP contribution in [0.15, 0.2) is 24.3 Å². The molecule has 1 unspecified atom stereocenters. The Labute approximate surface area is 104 Å². The van der Waals surface area contributed by atoms with Crippen molar-refractivity contribution in [3.8, 4) is 5.75 Å². The van der Waals surface area contributed by atoms with Gasteiger partial charge in [0.2, 0.25) is 0 Å². The first kappa shape index (κ1) is 12.4. The van der Waals surface area contributed by atoms with Gasteiger partial charge in [0.25, 0.3) is 0 Å². The molecule has 0 aliphatic heterocycles. The van der Waals surface area contributed by atoms with Gasteiger partial charge in [0.05, 0.1) is 0 Å². The number of benzene rings is 1. The summed E-state index contributed by atoms with van der Waals surface area (Å²) < 4.78 is 6.18. The molecule has 1 aromatic carbocycles. The van der Waals surface area contributed by atoms with Crippen molar-refractivity contribution in [2.45, 2.75) is 57.6 Å². The second-order valence-electron chi connectivity index (χ2n) is 5.47. The fourth-order valence-corrected chi connectivity index (χ4v) is 2.55. The van der Waals surface area contributed by atoms with E-state index in [0.29, 0.717) is 0 Å². The van der Waals surface area contributed by atoms with Crippen molar-refractivity contribution in [2.75, 3.05) is 0 Å². The molecule has 2 N–H and O–H groups in total. The Morgan fingerprint density at radius 1 is 1.24 bits per heavy atom. The Bertz CT molecular complexity index is 367. The fraction of sp³-hybridized carbons (Fsp3) is 0.600. The lowest BCUT2D eigenvalue weighted by atomic mass is 9.86. The third kappa shape index (κ3) is 3.22. The van der Waals surface area contributed by atoms with Gasteiger partial charge in [-0.15, -0.1) is 0 Å². The highest BCUT2D eigenvalue weighted by atomic mass is 16.5. The molecule has 1 saturated carbocycles. The van der Waals surface area contributed by atoms with Crippen molar-refractivity contribution in [2.24, 2.45) is 5.73 Å². The zero-order valence-corrected chi connectivity index (χ0v) is 10.9. The first-order valence-corrected chi connectivity index (χ1v) is 6.64. The standard InChI is InChI=1S/C15H23NO/c1-12(16)13-7-6-8-14(11-13)17-15(2)9-4-3-5-10-15/h6-8,11-12H,3-5,9-10,16H2,1-2H3. The summed E-state index contributed by atoms with van der Waals surface area (Å²) in [5, 5.41) is 0. The molecule has 2 nitrogen and oxygen atoms in total. The largest absolute Gasteiger partial charge is 0.488 e. The molecular weight excluding hydrogens is 210 g/mol. The summed E-state index contributed by atoms with van der Waals surface area (Å²) in [5.41, 5.74) is 7.06. The van der Waals surface area contributed by atoms with Crippen LogP contribution in [-0.2, 0) is 0 Å². The van der Waals surface area contributed by atoms with E-state index in [9.17, 15) is 0 Å². The highest BCUT2D eigenvalue weighted by molar-refractivity contribution is 5.30. The van der Waals surface area contributed by atoms with E-state index < -0.39 is 0 Å². The summed E-state index contributed by atoms with van der Waals surface area (Å²) in [6, 6.07) is 8.26. The summed E-state index contributed by atoms with van der Waals surface area (Å²) >= 11 is 0. The quantitative estimate of drug-likeness (QED) is 0.861. The highest BCUT2D eigenvalue weighted by Gasteiger charge is 2.28. The maximum atomic E-state index is 6.18. The number of hydrogen-bond donors (Lipinski definition) is 1. The lowest BCUT2D eigenvalue weighted by molar-refractivity contribution is 0.0486. The van der Waals surface area contributed by atoms with Gasteiger partial charge in [0.15, 0.2) is 0 Å². The van der Waals surface area contributed by atoms with Crippen molar-refractivity contribution in [3.63, 3.8) is 0 Å². The molecule has 0 aromatic heterocycles. The summed E-state index contributed by atoms with van der Waals surface area (Å²) in [7, 11) is 0. The molecule has 2 rings (SSSR count). The van der Waals surface area contributed by atoms with E-state index in [1.165, 1.54) is 19.3 Å². The Morgan fingerprint density at radius 2 is 1.94 bits per heavy atom. The number of ether oxygens (including phenoxy) is 1. The minimum Gasteiger partial charge on any atom is -0.488 e. The zero-order chi connectivity index (χ0) is 12.3. The average Bonchev–Trinajstić information content (AvgIpc) is 2.29. The second-order valence-corrected chi connectivity index (χ2v) is 5.47. The Hall–Kier alpha value is -1.02. The molecule has 94 valence electrons. The Balaban J connectivity index is 2.09. The summed E-state index contributed by atoms with van der Waals surface area (Å²) in [4.78, 5) is 0. The molecule has 17 heavy (non-hydrogen) atoms. The van der Waals surface area contributed by atoms with Crippen molar-refractivity contribution in [3.05, 3.63) is 29.8 Å². The van der Waals surface area contributed by atoms with E-state index in [0.717, 1.165) is 24.2 Å². The Morgan fingerprint density at radius 3 is 2.59 bits per heavy atom. The molecule has 0 amide bonds. The topological polar surface area (TPSA) is 35.2 Å². The highest BCUT2D eigenvalue weighted by Crippen LogP contribution is 2.33. The monoisotopic (exact) mass is 233 g/mol. The molecule has 1 aromatic rings. The maximum absolute atomic E-state index is 6.18. The molecular formula is C15H23NO. The molecule has 1 aliphatic carbocycles. The number of hydrogen-bond acceptors (Lipinski definition) is 2. The van der Waals surface area contributed by atoms with Crippen LogP contribution >= 0.6 is 0 Å². The normalized spacial score (nSPS) is 20.9. The van der Waals surface area contributed by atoms with Crippen LogP contribution in [0, 0.1) is 0 Å². The third-order valence-corrected chi connectivity index (χ3v) is 3.66. The van der Waals surface area contributed by atoms with Gasteiger partial charge in [-0.05, 0) is 57.2 Å². The van der Waals surface area contributed by atoms with Gasteiger partial charge >= 0.3 is 0 Å². The SMILES string of the molecule is CC(N)c1cccc(OC2(C)CCCCC2)c1. The summed E-state index contributed by atoms with van der Waals surface area (Å²) in [5.74, 6) is 0.962. The summed E-state index contributed by atoms with van der Waals surface area (Å²) in [6.07, 6.45) is 6.23. The van der Waals surface area contributed by atoms with Crippen molar-refractivity contribution >= 4 is 0 Å². The predicted molar refractivity (Wildman–Crippen MR) is 71.2 cm³/mol. The molecule has 0 bridgehead atoms. The van der Waals surface area contributed by atoms with E-state index in [4.69, 9.17) is 10.5 Å². The van der Waals surface area contributed by atoms with E-state index in [1.807, 2.05) is 19.1 Å². The van der Waals surface area contributed by atoms with Crippen LogP contribution in [0.1, 0.15) is 57.6 Å². The fourth-order valence-electron chi connectivity index (χ4n) is 2.55. The van der Waals surface area contributed by atoms with Gasteiger partial charge in [-0.25, -0.2) is 0 Å². The first-order valence-electron chi connectivity index (χ1n) is 6.64. The Kier molecular flexibility index (Phi) is 3.72. The third-order valence-electron chi connectivity index (χ3n) is 3.66. The van der Waals surface area contributed by atoms with E-state index in [-0.39, 0.29) is 11.6 Å². The zero-order valence-electron chi connectivity index (χ0n) is 10.9. The molecule has 0 radical (unpaired) electrons. The second kappa shape index (κ2) is 5.09. The molecule has 2 heteroatoms. The van der Waals surface area contributed by atoms with Gasteiger partial charge in [-0.3, -0.25) is 0 Å². The van der Waals surface area contributed by atoms with Crippen molar-refractivity contribution in [1.29, 1.82) is 0 Å². The van der Waals surface area contributed by atoms with Crippen LogP contribution in [0.2, 0.25) is 0 Å². The van der Waals surface area contributed by atoms with Gasteiger partial charge in [0, 0.05) is 6.04 Å². The molecule has 1 atom stereocenters. The van der Waals surface area contributed by atoms with Crippen LogP contribution < -0.4 is 10.5 Å². The number of rotatable bonds is 3. The average molecular weight is 233 g/mol. The van der Waals surface area contributed by atoms with Crippen LogP contribution in [0.4, 0.5) is 0 Å². The minimum absolute atomic E-state index is 0.0225. The molecule has 0 saturated heterocycles. The van der Waals surface area contributed by atoms with Gasteiger partial charge in [-0.2, -0.15) is 0 Å². The van der Waals surface area contributed by atoms with Crippen LogP contribution in [-0.4, -0.2) is 5.60 Å². The lowest BCUT2D eigenvalue weighted by Gasteiger charge is -2.34. The van der Waals surface area contributed by atoms with E-state index in [2.05, 4.69) is 19.1 Å². The van der Waals surface area contributed by atoms with Crippen LogP contribution in [0.3, 0.4) is 0 Å². The predicted octanol–water partition coefficient (Wildman–Crippen LogP) is 3.81.